The molecule has 0 spiro atoms. The predicted octanol–water partition coefficient (Wildman–Crippen LogP) is 4.99. The van der Waals surface area contributed by atoms with Crippen molar-refractivity contribution in [3.63, 3.8) is 0 Å². The quantitative estimate of drug-likeness (QED) is 0.474. The summed E-state index contributed by atoms with van der Waals surface area (Å²) in [6.07, 6.45) is 5.18. The van der Waals surface area contributed by atoms with Crippen molar-refractivity contribution >= 4 is 23.3 Å². The van der Waals surface area contributed by atoms with Crippen LogP contribution in [0, 0.1) is 5.92 Å². The number of carbonyl (C=O) groups is 1. The molecule has 2 aromatic rings. The number of ether oxygens (including phenoxy) is 4. The molecule has 2 fully saturated rings. The SMILES string of the molecule is COc1cc(NC(=O)NC2CC(OC)CC2N2CCC(Cc3ccc(Cl)cc3)CC2)cc(OC)c1OC. The number of nitrogens with one attached hydrogen (secondary N) is 2. The molecule has 4 rings (SSSR count). The summed E-state index contributed by atoms with van der Waals surface area (Å²) in [5, 5.41) is 6.91. The largest absolute Gasteiger partial charge is 0.493 e. The van der Waals surface area contributed by atoms with Crippen LogP contribution in [0.5, 0.6) is 17.2 Å². The molecule has 8 nitrogen and oxygen atoms in total. The molecule has 1 saturated heterocycles. The van der Waals surface area contributed by atoms with Gasteiger partial charge in [0, 0.05) is 36.3 Å². The van der Waals surface area contributed by atoms with E-state index in [0.29, 0.717) is 28.9 Å². The first-order chi connectivity index (χ1) is 17.9. The standard InChI is InChI=1S/C28H38ClN3O5/c1-34-22-16-23(31-28(33)30-21-14-25(35-2)27(37-4)26(15-21)36-3)24(17-22)32-11-9-19(10-12-32)13-18-5-7-20(29)8-6-18/h5-8,14-15,19,22-24H,9-13,16-17H2,1-4H3,(H2,30,31,33). The molecule has 2 N–H and O–H groups in total. The summed E-state index contributed by atoms with van der Waals surface area (Å²) in [7, 11) is 6.40. The van der Waals surface area contributed by atoms with E-state index < -0.39 is 0 Å². The van der Waals surface area contributed by atoms with Crippen LogP contribution in [-0.4, -0.2) is 70.6 Å². The fourth-order valence-corrected chi connectivity index (χ4v) is 5.78. The second kappa shape index (κ2) is 12.7. The van der Waals surface area contributed by atoms with Gasteiger partial charge in [-0.2, -0.15) is 0 Å². The normalized spacial score (nSPS) is 22.5. The predicted molar refractivity (Wildman–Crippen MR) is 145 cm³/mol. The highest BCUT2D eigenvalue weighted by molar-refractivity contribution is 6.30. The van der Waals surface area contributed by atoms with Crippen LogP contribution in [0.3, 0.4) is 0 Å². The molecule has 0 bridgehead atoms. The van der Waals surface area contributed by atoms with Crippen molar-refractivity contribution in [1.82, 2.24) is 10.2 Å². The molecular weight excluding hydrogens is 494 g/mol. The van der Waals surface area contributed by atoms with Crippen LogP contribution in [-0.2, 0) is 11.2 Å². The van der Waals surface area contributed by atoms with Crippen molar-refractivity contribution < 1.29 is 23.7 Å². The monoisotopic (exact) mass is 531 g/mol. The minimum atomic E-state index is -0.265. The summed E-state index contributed by atoms with van der Waals surface area (Å²) in [5.41, 5.74) is 1.90. The summed E-state index contributed by atoms with van der Waals surface area (Å²) in [4.78, 5) is 15.6. The van der Waals surface area contributed by atoms with Gasteiger partial charge >= 0.3 is 6.03 Å². The number of halogens is 1. The Kier molecular flexibility index (Phi) is 9.40. The van der Waals surface area contributed by atoms with E-state index in [1.165, 1.54) is 5.56 Å². The third-order valence-electron chi connectivity index (χ3n) is 7.61. The van der Waals surface area contributed by atoms with E-state index in [2.05, 4.69) is 27.7 Å². The van der Waals surface area contributed by atoms with Crippen LogP contribution in [0.1, 0.15) is 31.2 Å². The molecule has 2 aromatic carbocycles. The average Bonchev–Trinajstić information content (AvgIpc) is 3.32. The van der Waals surface area contributed by atoms with Crippen molar-refractivity contribution in [3.05, 3.63) is 47.0 Å². The molecule has 0 radical (unpaired) electrons. The third-order valence-corrected chi connectivity index (χ3v) is 7.87. The lowest BCUT2D eigenvalue weighted by Gasteiger charge is -2.38. The molecule has 2 aliphatic rings. The van der Waals surface area contributed by atoms with E-state index in [4.69, 9.17) is 30.5 Å². The Hall–Kier alpha value is -2.68. The number of urea groups is 1. The van der Waals surface area contributed by atoms with Gasteiger partial charge in [-0.15, -0.1) is 0 Å². The van der Waals surface area contributed by atoms with E-state index in [9.17, 15) is 4.79 Å². The molecule has 1 saturated carbocycles. The van der Waals surface area contributed by atoms with Gasteiger partial charge < -0.3 is 29.6 Å². The maximum absolute atomic E-state index is 13.0. The highest BCUT2D eigenvalue weighted by atomic mass is 35.5. The van der Waals surface area contributed by atoms with Gasteiger partial charge in [0.05, 0.1) is 33.1 Å². The first kappa shape index (κ1) is 27.4. The number of amides is 2. The summed E-state index contributed by atoms with van der Waals surface area (Å²) < 4.78 is 21.9. The number of carbonyl (C=O) groups excluding carboxylic acids is 1. The Bertz CT molecular complexity index is 1020. The molecule has 1 aliphatic heterocycles. The summed E-state index contributed by atoms with van der Waals surface area (Å²) in [6, 6.07) is 11.6. The number of anilines is 1. The Labute approximate surface area is 224 Å². The van der Waals surface area contributed by atoms with Gasteiger partial charge in [0.2, 0.25) is 5.75 Å². The van der Waals surface area contributed by atoms with Gasteiger partial charge in [0.15, 0.2) is 11.5 Å². The van der Waals surface area contributed by atoms with Gasteiger partial charge in [-0.05, 0) is 68.8 Å². The molecule has 202 valence electrons. The summed E-state index contributed by atoms with van der Waals surface area (Å²) >= 11 is 6.04. The molecule has 3 atom stereocenters. The lowest BCUT2D eigenvalue weighted by Crippen LogP contribution is -2.52. The molecule has 3 unspecified atom stereocenters. The van der Waals surface area contributed by atoms with Gasteiger partial charge in [-0.1, -0.05) is 23.7 Å². The smallest absolute Gasteiger partial charge is 0.319 e. The second-order valence-corrected chi connectivity index (χ2v) is 10.3. The first-order valence-corrected chi connectivity index (χ1v) is 13.2. The Morgan fingerprint density at radius 3 is 2.19 bits per heavy atom. The first-order valence-electron chi connectivity index (χ1n) is 12.8. The van der Waals surface area contributed by atoms with Crippen molar-refractivity contribution in [2.45, 2.75) is 50.3 Å². The maximum Gasteiger partial charge on any atom is 0.319 e. The van der Waals surface area contributed by atoms with E-state index in [-0.39, 0.29) is 24.2 Å². The van der Waals surface area contributed by atoms with Crippen molar-refractivity contribution in [2.75, 3.05) is 46.8 Å². The maximum atomic E-state index is 13.0. The van der Waals surface area contributed by atoms with Crippen molar-refractivity contribution in [1.29, 1.82) is 0 Å². The van der Waals surface area contributed by atoms with Gasteiger partial charge in [-0.25, -0.2) is 4.79 Å². The zero-order valence-electron chi connectivity index (χ0n) is 22.1. The summed E-state index contributed by atoms with van der Waals surface area (Å²) in [5.74, 6) is 2.11. The van der Waals surface area contributed by atoms with Crippen LogP contribution in [0.4, 0.5) is 10.5 Å². The van der Waals surface area contributed by atoms with E-state index in [1.807, 2.05) is 12.1 Å². The van der Waals surface area contributed by atoms with Crippen LogP contribution in [0.25, 0.3) is 0 Å². The van der Waals surface area contributed by atoms with E-state index in [1.54, 1.807) is 40.6 Å². The Balaban J connectivity index is 1.36. The number of hydrogen-bond acceptors (Lipinski definition) is 6. The van der Waals surface area contributed by atoms with Crippen LogP contribution in [0.15, 0.2) is 36.4 Å². The number of nitrogens with zero attached hydrogens (tertiary/aromatic N) is 1. The van der Waals surface area contributed by atoms with E-state index >= 15 is 0 Å². The Morgan fingerprint density at radius 1 is 0.973 bits per heavy atom. The van der Waals surface area contributed by atoms with Gasteiger partial charge in [0.1, 0.15) is 0 Å². The topological polar surface area (TPSA) is 81.3 Å². The second-order valence-electron chi connectivity index (χ2n) is 9.83. The lowest BCUT2D eigenvalue weighted by molar-refractivity contribution is 0.0859. The molecular formula is C28H38ClN3O5. The number of rotatable bonds is 9. The number of hydrogen-bond donors (Lipinski definition) is 2. The molecule has 1 aliphatic carbocycles. The van der Waals surface area contributed by atoms with Gasteiger partial charge in [-0.3, -0.25) is 4.90 Å². The minimum Gasteiger partial charge on any atom is -0.493 e. The molecule has 0 aromatic heterocycles. The van der Waals surface area contributed by atoms with Gasteiger partial charge in [0.25, 0.3) is 0 Å². The number of piperidine rings is 1. The molecule has 9 heteroatoms. The fourth-order valence-electron chi connectivity index (χ4n) is 5.65. The minimum absolute atomic E-state index is 0.000181. The Morgan fingerprint density at radius 2 is 1.62 bits per heavy atom. The molecule has 1 heterocycles. The zero-order valence-corrected chi connectivity index (χ0v) is 22.8. The molecule has 37 heavy (non-hydrogen) atoms. The lowest BCUT2D eigenvalue weighted by atomic mass is 9.89. The highest BCUT2D eigenvalue weighted by Gasteiger charge is 2.40. The van der Waals surface area contributed by atoms with Crippen LogP contribution >= 0.6 is 11.6 Å². The number of benzene rings is 2. The third kappa shape index (κ3) is 6.80. The van der Waals surface area contributed by atoms with Crippen LogP contribution in [0.2, 0.25) is 5.02 Å². The van der Waals surface area contributed by atoms with Crippen molar-refractivity contribution in [2.24, 2.45) is 5.92 Å². The fraction of sp³-hybridized carbons (Fsp3) is 0.536. The van der Waals surface area contributed by atoms with Crippen molar-refractivity contribution in [3.8, 4) is 17.2 Å². The zero-order chi connectivity index (χ0) is 26.4. The number of methoxy groups -OCH3 is 4. The van der Waals surface area contributed by atoms with Crippen LogP contribution < -0.4 is 24.8 Å². The molecule has 2 amide bonds. The summed E-state index contributed by atoms with van der Waals surface area (Å²) in [6.45, 7) is 2.04. The van der Waals surface area contributed by atoms with E-state index in [0.717, 1.165) is 50.2 Å². The average molecular weight is 532 g/mol. The number of likely N-dealkylation sites (tertiary alicyclic amines) is 1. The highest BCUT2D eigenvalue weighted by Crippen LogP contribution is 2.40.